The third-order valence-electron chi connectivity index (χ3n) is 7.67. The molecule has 1 aromatic carbocycles. The second-order valence-electron chi connectivity index (χ2n) is 10.9. The topological polar surface area (TPSA) is 11.6 Å². The summed E-state index contributed by atoms with van der Waals surface area (Å²) in [6.07, 6.45) is 24.7. The molecule has 0 aliphatic heterocycles. The minimum absolute atomic E-state index is 1.09. The standard InChI is InChI=1S/C36H48N3/c1-4-7-10-19-37-22-13-31(14-23-37)34-28-35(32-15-24-38(25-16-32)20-11-8-5-2)30-36(29-34)33-17-26-39(27-18-33)21-12-9-6-3/h13-18,22-30H,4-12,19-21H2,1-3H3/q+3. The number of aryl methyl sites for hydroxylation is 3. The average molecular weight is 523 g/mol. The van der Waals surface area contributed by atoms with Crippen molar-refractivity contribution in [3.8, 4) is 33.4 Å². The molecule has 0 aliphatic rings. The summed E-state index contributed by atoms with van der Waals surface area (Å²) >= 11 is 0. The molecule has 4 aromatic rings. The molecule has 204 valence electrons. The largest absolute Gasteiger partial charge is 0.205 e. The summed E-state index contributed by atoms with van der Waals surface area (Å²) in [6.45, 7) is 10.0. The highest BCUT2D eigenvalue weighted by molar-refractivity contribution is 5.80. The van der Waals surface area contributed by atoms with Gasteiger partial charge in [0.15, 0.2) is 37.2 Å². The van der Waals surface area contributed by atoms with Gasteiger partial charge in [-0.05, 0) is 70.8 Å². The van der Waals surface area contributed by atoms with Crippen molar-refractivity contribution < 1.29 is 13.7 Å². The van der Waals surface area contributed by atoms with E-state index in [0.29, 0.717) is 0 Å². The van der Waals surface area contributed by atoms with E-state index in [-0.39, 0.29) is 0 Å². The van der Waals surface area contributed by atoms with Crippen molar-refractivity contribution in [1.29, 1.82) is 0 Å². The van der Waals surface area contributed by atoms with E-state index in [9.17, 15) is 0 Å². The molecule has 0 unspecified atom stereocenters. The number of rotatable bonds is 15. The number of hydrogen-bond acceptors (Lipinski definition) is 0. The highest BCUT2D eigenvalue weighted by Crippen LogP contribution is 2.32. The van der Waals surface area contributed by atoms with Crippen LogP contribution < -0.4 is 13.7 Å². The van der Waals surface area contributed by atoms with Crippen molar-refractivity contribution in [2.75, 3.05) is 0 Å². The first-order valence-corrected chi connectivity index (χ1v) is 15.3. The van der Waals surface area contributed by atoms with E-state index in [4.69, 9.17) is 0 Å². The van der Waals surface area contributed by atoms with Gasteiger partial charge in [0.1, 0.15) is 19.6 Å². The monoisotopic (exact) mass is 522 g/mol. The quantitative estimate of drug-likeness (QED) is 0.110. The highest BCUT2D eigenvalue weighted by atomic mass is 14.9. The van der Waals surface area contributed by atoms with Crippen LogP contribution in [0.5, 0.6) is 0 Å². The molecule has 0 aliphatic carbocycles. The Morgan fingerprint density at radius 3 is 0.846 bits per heavy atom. The Kier molecular flexibility index (Phi) is 11.3. The first-order chi connectivity index (χ1) is 19.2. The Labute approximate surface area is 236 Å². The number of pyridine rings is 3. The van der Waals surface area contributed by atoms with Crippen molar-refractivity contribution in [1.82, 2.24) is 0 Å². The number of hydrogen-bond donors (Lipinski definition) is 0. The summed E-state index contributed by atoms with van der Waals surface area (Å²) in [4.78, 5) is 0. The third-order valence-corrected chi connectivity index (χ3v) is 7.67. The van der Waals surface area contributed by atoms with Crippen LogP contribution in [0, 0.1) is 0 Å². The molecule has 0 radical (unpaired) electrons. The summed E-state index contributed by atoms with van der Waals surface area (Å²) in [7, 11) is 0. The van der Waals surface area contributed by atoms with Crippen LogP contribution in [-0.2, 0) is 19.6 Å². The van der Waals surface area contributed by atoms with E-state index in [1.165, 1.54) is 91.2 Å². The van der Waals surface area contributed by atoms with E-state index in [1.54, 1.807) is 0 Å². The lowest BCUT2D eigenvalue weighted by Crippen LogP contribution is -2.32. The summed E-state index contributed by atoms with van der Waals surface area (Å²) in [5.74, 6) is 0. The molecule has 3 heteroatoms. The van der Waals surface area contributed by atoms with E-state index in [0.717, 1.165) is 19.6 Å². The van der Waals surface area contributed by atoms with Crippen LogP contribution in [0.15, 0.2) is 91.8 Å². The van der Waals surface area contributed by atoms with Crippen LogP contribution in [0.4, 0.5) is 0 Å². The molecule has 0 spiro atoms. The van der Waals surface area contributed by atoms with E-state index in [2.05, 4.69) is 126 Å². The van der Waals surface area contributed by atoms with Crippen LogP contribution in [-0.4, -0.2) is 0 Å². The lowest BCUT2D eigenvalue weighted by Gasteiger charge is -2.11. The molecular formula is C36H48N3+3. The van der Waals surface area contributed by atoms with Gasteiger partial charge >= 0.3 is 0 Å². The lowest BCUT2D eigenvalue weighted by molar-refractivity contribution is -0.697. The summed E-state index contributed by atoms with van der Waals surface area (Å²) in [5, 5.41) is 0. The van der Waals surface area contributed by atoms with Gasteiger partial charge in [-0.15, -0.1) is 0 Å². The van der Waals surface area contributed by atoms with E-state index in [1.807, 2.05) is 0 Å². The van der Waals surface area contributed by atoms with Crippen molar-refractivity contribution in [2.24, 2.45) is 0 Å². The predicted octanol–water partition coefficient (Wildman–Crippen LogP) is 8.12. The van der Waals surface area contributed by atoms with Gasteiger partial charge in [-0.1, -0.05) is 40.0 Å². The minimum atomic E-state index is 1.09. The number of aromatic nitrogens is 3. The molecule has 3 aromatic heterocycles. The van der Waals surface area contributed by atoms with E-state index >= 15 is 0 Å². The number of unbranched alkanes of at least 4 members (excludes halogenated alkanes) is 6. The van der Waals surface area contributed by atoms with Gasteiger partial charge in [0.2, 0.25) is 0 Å². The smallest absolute Gasteiger partial charge is 0.169 e. The van der Waals surface area contributed by atoms with Crippen LogP contribution >= 0.6 is 0 Å². The minimum Gasteiger partial charge on any atom is -0.205 e. The first kappa shape index (κ1) is 28.7. The van der Waals surface area contributed by atoms with E-state index < -0.39 is 0 Å². The van der Waals surface area contributed by atoms with Gasteiger partial charge in [-0.2, -0.15) is 0 Å². The van der Waals surface area contributed by atoms with Crippen LogP contribution in [0.25, 0.3) is 33.4 Å². The normalized spacial score (nSPS) is 11.2. The fourth-order valence-corrected chi connectivity index (χ4v) is 5.16. The second-order valence-corrected chi connectivity index (χ2v) is 10.9. The third kappa shape index (κ3) is 8.58. The van der Waals surface area contributed by atoms with Crippen molar-refractivity contribution in [2.45, 2.75) is 98.2 Å². The molecule has 0 N–H and O–H groups in total. The fraction of sp³-hybridized carbons (Fsp3) is 0.417. The van der Waals surface area contributed by atoms with Gasteiger partial charge in [0, 0.05) is 55.7 Å². The fourth-order valence-electron chi connectivity index (χ4n) is 5.16. The molecule has 3 nitrogen and oxygen atoms in total. The summed E-state index contributed by atoms with van der Waals surface area (Å²) < 4.78 is 6.94. The Morgan fingerprint density at radius 2 is 0.615 bits per heavy atom. The van der Waals surface area contributed by atoms with Gasteiger partial charge in [-0.25, -0.2) is 13.7 Å². The molecule has 3 heterocycles. The molecule has 0 saturated heterocycles. The zero-order valence-electron chi connectivity index (χ0n) is 24.5. The molecule has 0 saturated carbocycles. The summed E-state index contributed by atoms with van der Waals surface area (Å²) in [6, 6.07) is 20.7. The van der Waals surface area contributed by atoms with Crippen LogP contribution in [0.2, 0.25) is 0 Å². The molecule has 0 fully saturated rings. The van der Waals surface area contributed by atoms with Gasteiger partial charge in [0.25, 0.3) is 0 Å². The van der Waals surface area contributed by atoms with Gasteiger partial charge in [-0.3, -0.25) is 0 Å². The zero-order chi connectivity index (χ0) is 27.3. The van der Waals surface area contributed by atoms with Crippen LogP contribution in [0.3, 0.4) is 0 Å². The number of nitrogens with zero attached hydrogens (tertiary/aromatic N) is 3. The molecule has 4 rings (SSSR count). The Hall–Kier alpha value is -3.33. The summed E-state index contributed by atoms with van der Waals surface area (Å²) in [5.41, 5.74) is 7.59. The molecule has 0 atom stereocenters. The molecule has 0 amide bonds. The highest BCUT2D eigenvalue weighted by Gasteiger charge is 2.12. The molecule has 0 bridgehead atoms. The Bertz CT molecular complexity index is 1090. The van der Waals surface area contributed by atoms with Crippen molar-refractivity contribution in [3.63, 3.8) is 0 Å². The average Bonchev–Trinajstić information content (AvgIpc) is 2.98. The molecular weight excluding hydrogens is 474 g/mol. The maximum absolute atomic E-state index is 2.35. The van der Waals surface area contributed by atoms with Gasteiger partial charge in [0.05, 0.1) is 0 Å². The number of benzene rings is 1. The maximum atomic E-state index is 2.35. The zero-order valence-corrected chi connectivity index (χ0v) is 24.5. The SMILES string of the molecule is CCCCC[n+]1ccc(-c2cc(-c3cc[n+](CCCCC)cc3)cc(-c3cc[n+](CCCCC)cc3)c2)cc1. The Balaban J connectivity index is 1.64. The van der Waals surface area contributed by atoms with Crippen molar-refractivity contribution >= 4 is 0 Å². The van der Waals surface area contributed by atoms with Crippen LogP contribution in [0.1, 0.15) is 78.6 Å². The van der Waals surface area contributed by atoms with Crippen molar-refractivity contribution in [3.05, 3.63) is 91.8 Å². The lowest BCUT2D eigenvalue weighted by atomic mass is 9.94. The van der Waals surface area contributed by atoms with Gasteiger partial charge < -0.3 is 0 Å². The Morgan fingerprint density at radius 1 is 0.359 bits per heavy atom. The predicted molar refractivity (Wildman–Crippen MR) is 162 cm³/mol. The first-order valence-electron chi connectivity index (χ1n) is 15.3. The second kappa shape index (κ2) is 15.3. The molecule has 39 heavy (non-hydrogen) atoms. The maximum Gasteiger partial charge on any atom is 0.169 e.